The van der Waals surface area contributed by atoms with Gasteiger partial charge in [-0.25, -0.2) is 9.07 Å². The highest BCUT2D eigenvalue weighted by Crippen LogP contribution is 2.37. The van der Waals surface area contributed by atoms with Crippen LogP contribution in [0, 0.1) is 19.7 Å². The Balaban J connectivity index is 1.72. The number of aromatic nitrogens is 3. The van der Waals surface area contributed by atoms with Crippen molar-refractivity contribution in [2.45, 2.75) is 32.4 Å². The Kier molecular flexibility index (Phi) is 3.56. The van der Waals surface area contributed by atoms with Crippen LogP contribution in [0.4, 0.5) is 10.3 Å². The minimum absolute atomic E-state index is 0.0379. The number of halogens is 1. The molecule has 4 nitrogen and oxygen atoms in total. The fourth-order valence-corrected chi connectivity index (χ4v) is 3.28. The summed E-state index contributed by atoms with van der Waals surface area (Å²) in [6.07, 6.45) is 2.39. The molecule has 1 aliphatic rings. The molecule has 1 N–H and O–H groups in total. The van der Waals surface area contributed by atoms with Gasteiger partial charge in [-0.3, -0.25) is 0 Å². The van der Waals surface area contributed by atoms with Crippen LogP contribution in [-0.2, 0) is 0 Å². The first-order valence-electron chi connectivity index (χ1n) is 8.10. The number of rotatable bonds is 2. The van der Waals surface area contributed by atoms with Crippen molar-refractivity contribution in [2.24, 2.45) is 0 Å². The molecule has 4 rings (SSSR count). The zero-order valence-corrected chi connectivity index (χ0v) is 13.7. The minimum atomic E-state index is -0.225. The molecule has 0 saturated carbocycles. The molecule has 0 unspecified atom stereocenters. The summed E-state index contributed by atoms with van der Waals surface area (Å²) < 4.78 is 15.1. The van der Waals surface area contributed by atoms with E-state index in [0.29, 0.717) is 0 Å². The van der Waals surface area contributed by atoms with Crippen LogP contribution in [0.15, 0.2) is 48.8 Å². The lowest BCUT2D eigenvalue weighted by Crippen LogP contribution is -2.28. The van der Waals surface area contributed by atoms with Crippen LogP contribution in [0.3, 0.4) is 0 Å². The number of hydrogen-bond acceptors (Lipinski definition) is 3. The predicted molar refractivity (Wildman–Crippen MR) is 91.5 cm³/mol. The molecule has 1 aliphatic heterocycles. The van der Waals surface area contributed by atoms with Gasteiger partial charge >= 0.3 is 0 Å². The molecule has 0 aliphatic carbocycles. The van der Waals surface area contributed by atoms with Crippen molar-refractivity contribution in [1.82, 2.24) is 14.8 Å². The van der Waals surface area contributed by atoms with E-state index in [0.717, 1.165) is 17.9 Å². The standard InChI is InChI=1S/C19H19FN4/c1-12-3-4-15(9-13(12)2)17-10-18(14-5-7-16(20)8-6-14)24-19(23-17)21-11-22-24/h3-9,11,17-18H,10H2,1-2H3,(H,21,22,23)/t17-,18+/m1/s1. The van der Waals surface area contributed by atoms with E-state index in [9.17, 15) is 4.39 Å². The number of aryl methyl sites for hydroxylation is 2. The first-order valence-corrected chi connectivity index (χ1v) is 8.10. The summed E-state index contributed by atoms with van der Waals surface area (Å²) in [5.41, 5.74) is 4.84. The zero-order valence-electron chi connectivity index (χ0n) is 13.7. The van der Waals surface area contributed by atoms with Crippen LogP contribution in [0.1, 0.15) is 40.8 Å². The average molecular weight is 322 g/mol. The summed E-state index contributed by atoms with van der Waals surface area (Å²) in [5.74, 6) is 0.524. The van der Waals surface area contributed by atoms with Crippen LogP contribution < -0.4 is 5.32 Å². The van der Waals surface area contributed by atoms with Crippen LogP contribution in [0.2, 0.25) is 0 Å². The second-order valence-corrected chi connectivity index (χ2v) is 6.37. The molecule has 2 aromatic carbocycles. The Bertz CT molecular complexity index is 869. The lowest BCUT2D eigenvalue weighted by atomic mass is 9.92. The maximum absolute atomic E-state index is 13.3. The van der Waals surface area contributed by atoms with Gasteiger partial charge in [0, 0.05) is 0 Å². The van der Waals surface area contributed by atoms with E-state index >= 15 is 0 Å². The fraction of sp³-hybridized carbons (Fsp3) is 0.263. The van der Waals surface area contributed by atoms with Crippen LogP contribution in [-0.4, -0.2) is 14.8 Å². The van der Waals surface area contributed by atoms with Crippen LogP contribution in [0.25, 0.3) is 0 Å². The van der Waals surface area contributed by atoms with Crippen LogP contribution in [0.5, 0.6) is 0 Å². The summed E-state index contributed by atoms with van der Waals surface area (Å²) in [7, 11) is 0. The van der Waals surface area contributed by atoms with Gasteiger partial charge in [0.1, 0.15) is 12.1 Å². The van der Waals surface area contributed by atoms with Crippen molar-refractivity contribution < 1.29 is 4.39 Å². The number of benzene rings is 2. The number of fused-ring (bicyclic) bond motifs is 1. The van der Waals surface area contributed by atoms with Gasteiger partial charge in [-0.05, 0) is 54.7 Å². The van der Waals surface area contributed by atoms with Gasteiger partial charge in [-0.1, -0.05) is 30.3 Å². The van der Waals surface area contributed by atoms with E-state index in [2.05, 4.69) is 47.4 Å². The summed E-state index contributed by atoms with van der Waals surface area (Å²) >= 11 is 0. The Morgan fingerprint density at radius 1 is 1.04 bits per heavy atom. The molecule has 122 valence electrons. The Labute approximate surface area is 140 Å². The highest BCUT2D eigenvalue weighted by atomic mass is 19.1. The number of hydrogen-bond donors (Lipinski definition) is 1. The second-order valence-electron chi connectivity index (χ2n) is 6.37. The van der Waals surface area contributed by atoms with Gasteiger partial charge in [0.25, 0.3) is 0 Å². The number of nitrogens with zero attached hydrogens (tertiary/aromatic N) is 3. The summed E-state index contributed by atoms with van der Waals surface area (Å²) in [6.45, 7) is 4.24. The molecule has 2 heterocycles. The van der Waals surface area contributed by atoms with Crippen molar-refractivity contribution >= 4 is 5.95 Å². The normalized spacial score (nSPS) is 19.6. The van der Waals surface area contributed by atoms with E-state index < -0.39 is 0 Å². The lowest BCUT2D eigenvalue weighted by molar-refractivity contribution is 0.430. The van der Waals surface area contributed by atoms with Crippen molar-refractivity contribution in [1.29, 1.82) is 0 Å². The van der Waals surface area contributed by atoms with E-state index in [1.807, 2.05) is 16.8 Å². The molecule has 0 amide bonds. The van der Waals surface area contributed by atoms with Gasteiger partial charge in [-0.15, -0.1) is 0 Å². The molecular weight excluding hydrogens is 303 g/mol. The van der Waals surface area contributed by atoms with Gasteiger partial charge in [0.05, 0.1) is 12.1 Å². The highest BCUT2D eigenvalue weighted by molar-refractivity contribution is 5.40. The topological polar surface area (TPSA) is 42.7 Å². The van der Waals surface area contributed by atoms with E-state index in [1.165, 1.54) is 28.8 Å². The van der Waals surface area contributed by atoms with Gasteiger partial charge in [0.15, 0.2) is 0 Å². The number of nitrogens with one attached hydrogen (secondary N) is 1. The van der Waals surface area contributed by atoms with Crippen molar-refractivity contribution in [3.63, 3.8) is 0 Å². The fourth-order valence-electron chi connectivity index (χ4n) is 3.28. The molecule has 0 fully saturated rings. The summed E-state index contributed by atoms with van der Waals surface area (Å²) in [4.78, 5) is 4.33. The third kappa shape index (κ3) is 2.56. The highest BCUT2D eigenvalue weighted by Gasteiger charge is 2.29. The Morgan fingerprint density at radius 3 is 2.54 bits per heavy atom. The van der Waals surface area contributed by atoms with Crippen molar-refractivity contribution in [3.05, 3.63) is 76.9 Å². The maximum atomic E-state index is 13.3. The minimum Gasteiger partial charge on any atom is -0.348 e. The van der Waals surface area contributed by atoms with Crippen LogP contribution >= 0.6 is 0 Å². The zero-order chi connectivity index (χ0) is 16.7. The van der Waals surface area contributed by atoms with Gasteiger partial charge in [0.2, 0.25) is 5.95 Å². The largest absolute Gasteiger partial charge is 0.348 e. The molecule has 5 heteroatoms. The van der Waals surface area contributed by atoms with E-state index in [1.54, 1.807) is 6.33 Å². The molecule has 0 bridgehead atoms. The van der Waals surface area contributed by atoms with E-state index in [4.69, 9.17) is 0 Å². The monoisotopic (exact) mass is 322 g/mol. The Hall–Kier alpha value is -2.69. The first kappa shape index (κ1) is 14.9. The Morgan fingerprint density at radius 2 is 1.79 bits per heavy atom. The average Bonchev–Trinajstić information content (AvgIpc) is 3.06. The maximum Gasteiger partial charge on any atom is 0.222 e. The van der Waals surface area contributed by atoms with Gasteiger partial charge in [-0.2, -0.15) is 10.1 Å². The molecule has 0 saturated heterocycles. The van der Waals surface area contributed by atoms with Crippen molar-refractivity contribution in [2.75, 3.05) is 5.32 Å². The van der Waals surface area contributed by atoms with Gasteiger partial charge < -0.3 is 5.32 Å². The van der Waals surface area contributed by atoms with E-state index in [-0.39, 0.29) is 17.9 Å². The summed E-state index contributed by atoms with van der Waals surface area (Å²) in [6, 6.07) is 13.4. The first-order chi connectivity index (χ1) is 11.6. The molecule has 0 radical (unpaired) electrons. The second kappa shape index (κ2) is 5.74. The molecule has 1 aromatic heterocycles. The quantitative estimate of drug-likeness (QED) is 0.769. The van der Waals surface area contributed by atoms with Crippen molar-refractivity contribution in [3.8, 4) is 0 Å². The smallest absolute Gasteiger partial charge is 0.222 e. The molecular formula is C19H19FN4. The molecule has 0 spiro atoms. The third-order valence-electron chi connectivity index (χ3n) is 4.82. The predicted octanol–water partition coefficient (Wildman–Crippen LogP) is 4.18. The third-order valence-corrected chi connectivity index (χ3v) is 4.82. The summed E-state index contributed by atoms with van der Waals surface area (Å²) in [5, 5.41) is 7.81. The molecule has 3 aromatic rings. The lowest BCUT2D eigenvalue weighted by Gasteiger charge is -2.32. The molecule has 2 atom stereocenters. The number of anilines is 1. The SMILES string of the molecule is Cc1ccc([C@H]2C[C@@H](c3ccc(F)cc3)n3ncnc3N2)cc1C. The molecule has 24 heavy (non-hydrogen) atoms.